The lowest BCUT2D eigenvalue weighted by molar-refractivity contribution is 0.0115. The molecule has 13 nitrogen and oxygen atoms in total. The second-order valence-corrected chi connectivity index (χ2v) is 15.2. The Balaban J connectivity index is 1.32. The Morgan fingerprint density at radius 1 is 0.959 bits per heavy atom. The summed E-state index contributed by atoms with van der Waals surface area (Å²) in [6.07, 6.45) is 6.92. The van der Waals surface area contributed by atoms with E-state index >= 15 is 4.39 Å². The highest BCUT2D eigenvalue weighted by Gasteiger charge is 2.28. The van der Waals surface area contributed by atoms with Crippen LogP contribution in [0.4, 0.5) is 38.9 Å². The van der Waals surface area contributed by atoms with Gasteiger partial charge in [-0.3, -0.25) is 9.21 Å². The van der Waals surface area contributed by atoms with Gasteiger partial charge in [0.05, 0.1) is 67.0 Å². The number of hydrogen-bond donors (Lipinski definition) is 2. The van der Waals surface area contributed by atoms with E-state index in [2.05, 4.69) is 46.3 Å². The second-order valence-electron chi connectivity index (χ2n) is 12.3. The molecule has 3 aromatic rings. The number of nitrogens with zero attached hydrogens (tertiary/aromatic N) is 5. The van der Waals surface area contributed by atoms with Crippen molar-refractivity contribution in [2.45, 2.75) is 38.1 Å². The van der Waals surface area contributed by atoms with E-state index in [1.165, 1.54) is 19.2 Å². The second kappa shape index (κ2) is 15.5. The molecule has 0 spiro atoms. The monoisotopic (exact) mass is 763 g/mol. The van der Waals surface area contributed by atoms with Gasteiger partial charge in [0.25, 0.3) is 0 Å². The Morgan fingerprint density at radius 2 is 1.67 bits per heavy atom. The molecule has 4 aliphatic heterocycles. The van der Waals surface area contributed by atoms with Gasteiger partial charge in [0.15, 0.2) is 11.6 Å². The first-order valence-electron chi connectivity index (χ1n) is 16.5. The van der Waals surface area contributed by atoms with Gasteiger partial charge in [0.1, 0.15) is 17.3 Å². The Kier molecular flexibility index (Phi) is 11.2. The molecule has 0 saturated carbocycles. The van der Waals surface area contributed by atoms with Crippen molar-refractivity contribution in [1.82, 2.24) is 14.9 Å². The third-order valence-electron chi connectivity index (χ3n) is 9.08. The summed E-state index contributed by atoms with van der Waals surface area (Å²) in [5.74, 6) is 1.15. The molecular weight excluding hydrogens is 721 g/mol. The Bertz CT molecular complexity index is 1740. The normalized spacial score (nSPS) is 18.2. The van der Waals surface area contributed by atoms with Crippen molar-refractivity contribution in [3.05, 3.63) is 40.8 Å². The Morgan fingerprint density at radius 3 is 2.37 bits per heavy atom. The molecule has 0 amide bonds. The minimum Gasteiger partial charge on any atom is -0.494 e. The minimum atomic E-state index is -3.69. The van der Waals surface area contributed by atoms with Crippen molar-refractivity contribution in [2.75, 3.05) is 92.9 Å². The maximum atomic E-state index is 15.3. The van der Waals surface area contributed by atoms with Crippen molar-refractivity contribution < 1.29 is 31.8 Å². The van der Waals surface area contributed by atoms with E-state index < -0.39 is 15.8 Å². The molecular formula is C33H43BrFN7O6S. The number of fused-ring (bicyclic) bond motifs is 8. The number of ether oxygens (including phenoxy) is 4. The summed E-state index contributed by atoms with van der Waals surface area (Å²) >= 11 is 3.47. The SMILES string of the molecule is COc1cc(N2CCC(N3CCOCC3)CC2)c2cc1Nc1ncc(Br)c(n1)Nc1cc(F)c(cc1N(C)S(C)(=O)=O)OCCCCCO2. The molecule has 49 heavy (non-hydrogen) atoms. The predicted molar refractivity (Wildman–Crippen MR) is 191 cm³/mol. The maximum absolute atomic E-state index is 15.3. The van der Waals surface area contributed by atoms with Crippen LogP contribution < -0.4 is 34.0 Å². The third-order valence-corrected chi connectivity index (χ3v) is 10.9. The fraction of sp³-hybridized carbons (Fsp3) is 0.515. The van der Waals surface area contributed by atoms with E-state index in [1.54, 1.807) is 13.3 Å². The van der Waals surface area contributed by atoms with Crippen LogP contribution >= 0.6 is 15.9 Å². The van der Waals surface area contributed by atoms with Gasteiger partial charge in [-0.15, -0.1) is 0 Å². The summed E-state index contributed by atoms with van der Waals surface area (Å²) in [6.45, 7) is 6.05. The molecule has 6 bridgehead atoms. The van der Waals surface area contributed by atoms with Gasteiger partial charge >= 0.3 is 0 Å². The Labute approximate surface area is 295 Å². The number of rotatable bonds is 5. The molecule has 0 aliphatic carbocycles. The first kappa shape index (κ1) is 35.2. The van der Waals surface area contributed by atoms with Crippen LogP contribution in [0.25, 0.3) is 0 Å². The van der Waals surface area contributed by atoms with E-state index in [9.17, 15) is 8.42 Å². The standard InChI is InChI=1S/C33H43BrFN7O6S/c1-40(49(3,43)44)27-19-29-24(35)17-25(27)37-32-23(34)21-36-33(39-32)38-26-18-31(48-14-6-4-5-13-47-29)28(20-30(26)45-2)42-9-7-22(8-10-42)41-11-15-46-16-12-41/h17-22H,4-16H2,1-3H3,(H2,36,37,38,39). The number of benzene rings is 2. The van der Waals surface area contributed by atoms with Gasteiger partial charge in [-0.1, -0.05) is 0 Å². The van der Waals surface area contributed by atoms with Crippen molar-refractivity contribution in [3.63, 3.8) is 0 Å². The fourth-order valence-corrected chi connectivity index (χ4v) is 7.09. The highest BCUT2D eigenvalue weighted by atomic mass is 79.9. The molecule has 266 valence electrons. The highest BCUT2D eigenvalue weighted by Crippen LogP contribution is 2.42. The number of hydrogen-bond acceptors (Lipinski definition) is 12. The van der Waals surface area contributed by atoms with Crippen molar-refractivity contribution in [3.8, 4) is 17.2 Å². The van der Waals surface area contributed by atoms with Crippen LogP contribution in [-0.4, -0.2) is 102 Å². The summed E-state index contributed by atoms with van der Waals surface area (Å²) in [5.41, 5.74) is 1.95. The number of sulfonamides is 1. The number of piperidine rings is 1. The molecule has 5 heterocycles. The molecule has 7 rings (SSSR count). The van der Waals surface area contributed by atoms with Crippen LogP contribution in [0.1, 0.15) is 32.1 Å². The minimum absolute atomic E-state index is 0.0421. The predicted octanol–water partition coefficient (Wildman–Crippen LogP) is 5.51. The van der Waals surface area contributed by atoms with Gasteiger partial charge in [-0.05, 0) is 48.0 Å². The summed E-state index contributed by atoms with van der Waals surface area (Å²) in [7, 11) is -0.678. The van der Waals surface area contributed by atoms with Gasteiger partial charge in [0.2, 0.25) is 16.0 Å². The topological polar surface area (TPSA) is 131 Å². The maximum Gasteiger partial charge on any atom is 0.232 e. The van der Waals surface area contributed by atoms with Crippen LogP contribution in [0, 0.1) is 5.82 Å². The van der Waals surface area contributed by atoms with E-state index in [0.29, 0.717) is 35.0 Å². The molecule has 16 heteroatoms. The number of anilines is 6. The molecule has 0 radical (unpaired) electrons. The average Bonchev–Trinajstić information content (AvgIpc) is 3.09. The average molecular weight is 765 g/mol. The fourth-order valence-electron chi connectivity index (χ4n) is 6.29. The number of methoxy groups -OCH3 is 1. The van der Waals surface area contributed by atoms with Crippen LogP contribution in [0.15, 0.2) is 34.9 Å². The lowest BCUT2D eigenvalue weighted by Gasteiger charge is -2.41. The summed E-state index contributed by atoms with van der Waals surface area (Å²) in [4.78, 5) is 14.0. The number of halogens is 2. The van der Waals surface area contributed by atoms with Crippen molar-refractivity contribution in [2.24, 2.45) is 0 Å². The number of aromatic nitrogens is 2. The van der Waals surface area contributed by atoms with E-state index in [-0.39, 0.29) is 35.5 Å². The van der Waals surface area contributed by atoms with Gasteiger partial charge < -0.3 is 34.5 Å². The molecule has 1 aromatic heterocycles. The largest absolute Gasteiger partial charge is 0.494 e. The molecule has 0 unspecified atom stereocenters. The summed E-state index contributed by atoms with van der Waals surface area (Å²) < 4.78 is 65.6. The number of morpholine rings is 1. The first-order chi connectivity index (χ1) is 23.6. The number of nitrogens with one attached hydrogen (secondary N) is 2. The Hall–Kier alpha value is -3.60. The molecule has 4 aliphatic rings. The lowest BCUT2D eigenvalue weighted by Crippen LogP contribution is -2.49. The summed E-state index contributed by atoms with van der Waals surface area (Å²) in [6, 6.07) is 7.04. The zero-order valence-electron chi connectivity index (χ0n) is 28.0. The molecule has 2 fully saturated rings. The molecule has 2 N–H and O–H groups in total. The highest BCUT2D eigenvalue weighted by molar-refractivity contribution is 9.10. The molecule has 2 aromatic carbocycles. The molecule has 2 saturated heterocycles. The third kappa shape index (κ3) is 8.41. The van der Waals surface area contributed by atoms with Crippen molar-refractivity contribution in [1.29, 1.82) is 0 Å². The zero-order chi connectivity index (χ0) is 34.5. The van der Waals surface area contributed by atoms with E-state index in [4.69, 9.17) is 18.9 Å². The van der Waals surface area contributed by atoms with Crippen LogP contribution in [0.3, 0.4) is 0 Å². The zero-order valence-corrected chi connectivity index (χ0v) is 30.4. The van der Waals surface area contributed by atoms with Crippen LogP contribution in [0.5, 0.6) is 17.2 Å². The smallest absolute Gasteiger partial charge is 0.232 e. The quantitative estimate of drug-likeness (QED) is 0.340. The van der Waals surface area contributed by atoms with Gasteiger partial charge in [0, 0.05) is 69.7 Å². The van der Waals surface area contributed by atoms with Crippen LogP contribution in [-0.2, 0) is 14.8 Å². The first-order valence-corrected chi connectivity index (χ1v) is 19.1. The summed E-state index contributed by atoms with van der Waals surface area (Å²) in [5, 5.41) is 6.35. The van der Waals surface area contributed by atoms with E-state index in [0.717, 1.165) is 87.1 Å². The van der Waals surface area contributed by atoms with E-state index in [1.807, 2.05) is 12.1 Å². The van der Waals surface area contributed by atoms with Crippen molar-refractivity contribution >= 4 is 60.5 Å². The van der Waals surface area contributed by atoms with Gasteiger partial charge in [-0.25, -0.2) is 17.8 Å². The van der Waals surface area contributed by atoms with Gasteiger partial charge in [-0.2, -0.15) is 4.98 Å². The molecule has 0 atom stereocenters. The lowest BCUT2D eigenvalue weighted by atomic mass is 10.0. The van der Waals surface area contributed by atoms with Crippen LogP contribution in [0.2, 0.25) is 0 Å².